The summed E-state index contributed by atoms with van der Waals surface area (Å²) >= 11 is 0. The van der Waals surface area contributed by atoms with Crippen molar-refractivity contribution in [2.24, 2.45) is 0 Å². The molecule has 128 valence electrons. The fourth-order valence-electron chi connectivity index (χ4n) is 2.21. The Hall–Kier alpha value is -1.13. The van der Waals surface area contributed by atoms with Gasteiger partial charge in [-0.25, -0.2) is 4.89 Å². The molecule has 0 aromatic rings. The molecule has 0 aromatic carbocycles. The van der Waals surface area contributed by atoms with E-state index < -0.39 is 5.97 Å². The van der Waals surface area contributed by atoms with E-state index in [4.69, 9.17) is 10.4 Å². The zero-order valence-electron chi connectivity index (χ0n) is 13.9. The van der Waals surface area contributed by atoms with Crippen molar-refractivity contribution in [3.8, 4) is 0 Å². The normalized spacial score (nSPS) is 13.2. The summed E-state index contributed by atoms with van der Waals surface area (Å²) in [4.78, 5) is 14.8. The summed E-state index contributed by atoms with van der Waals surface area (Å²) < 4.78 is 0. The first-order valence-electron chi connectivity index (χ1n) is 8.56. The fourth-order valence-corrected chi connectivity index (χ4v) is 2.21. The molecule has 0 amide bonds. The van der Waals surface area contributed by atoms with Gasteiger partial charge >= 0.3 is 5.97 Å². The minimum absolute atomic E-state index is 0.203. The molecule has 0 radical (unpaired) electrons. The van der Waals surface area contributed by atoms with Crippen LogP contribution >= 0.6 is 0 Å². The lowest BCUT2D eigenvalue weighted by molar-refractivity contribution is -0.267. The summed E-state index contributed by atoms with van der Waals surface area (Å²) in [6.07, 6.45) is 18.5. The van der Waals surface area contributed by atoms with Gasteiger partial charge in [0.2, 0.25) is 0 Å². The van der Waals surface area contributed by atoms with Gasteiger partial charge in [-0.15, -0.1) is 0 Å². The van der Waals surface area contributed by atoms with Crippen LogP contribution in [-0.2, 0) is 9.68 Å². The van der Waals surface area contributed by atoms with Gasteiger partial charge in [-0.3, -0.25) is 10.1 Å². The number of rotatable bonds is 15. The molecule has 0 aliphatic heterocycles. The van der Waals surface area contributed by atoms with Crippen molar-refractivity contribution in [3.05, 3.63) is 24.3 Å². The van der Waals surface area contributed by atoms with E-state index in [1.807, 2.05) is 18.2 Å². The molecule has 0 aromatic heterocycles. The van der Waals surface area contributed by atoms with Gasteiger partial charge in [-0.05, 0) is 25.7 Å². The van der Waals surface area contributed by atoms with E-state index in [0.717, 1.165) is 64.2 Å². The van der Waals surface area contributed by atoms with Gasteiger partial charge in [-0.2, -0.15) is 0 Å². The van der Waals surface area contributed by atoms with E-state index in [-0.39, 0.29) is 12.5 Å². The number of carboxylic acid groups (broad SMARTS) is 1. The number of aliphatic carboxylic acids is 1. The van der Waals surface area contributed by atoms with Crippen molar-refractivity contribution in [1.29, 1.82) is 0 Å². The van der Waals surface area contributed by atoms with Gasteiger partial charge in [0.25, 0.3) is 0 Å². The molecule has 0 aliphatic carbocycles. The van der Waals surface area contributed by atoms with E-state index >= 15 is 0 Å². The average Bonchev–Trinajstić information content (AvgIpc) is 2.50. The van der Waals surface area contributed by atoms with Crippen molar-refractivity contribution < 1.29 is 20.0 Å². The zero-order chi connectivity index (χ0) is 16.5. The van der Waals surface area contributed by atoms with Crippen LogP contribution in [0.4, 0.5) is 0 Å². The smallest absolute Gasteiger partial charge is 0.303 e. The van der Waals surface area contributed by atoms with Gasteiger partial charge < -0.3 is 5.11 Å². The maximum absolute atomic E-state index is 10.3. The number of unbranched alkanes of at least 4 members (excludes halogenated alkanes) is 7. The Morgan fingerprint density at radius 2 is 1.77 bits per heavy atom. The molecule has 0 rings (SSSR count). The number of hydrogen-bond acceptors (Lipinski definition) is 3. The average molecular weight is 312 g/mol. The summed E-state index contributed by atoms with van der Waals surface area (Å²) in [5.74, 6) is -0.699. The maximum Gasteiger partial charge on any atom is 0.303 e. The molecule has 1 atom stereocenters. The first kappa shape index (κ1) is 20.9. The molecule has 0 bridgehead atoms. The third-order valence-electron chi connectivity index (χ3n) is 3.56. The minimum Gasteiger partial charge on any atom is -0.481 e. The molecule has 0 aliphatic rings. The number of carboxylic acids is 1. The van der Waals surface area contributed by atoms with Crippen LogP contribution in [0, 0.1) is 0 Å². The minimum atomic E-state index is -0.699. The van der Waals surface area contributed by atoms with Gasteiger partial charge in [0.1, 0.15) is 6.10 Å². The van der Waals surface area contributed by atoms with Crippen molar-refractivity contribution >= 4 is 5.97 Å². The second kappa shape index (κ2) is 16.2. The molecule has 4 nitrogen and oxygen atoms in total. The standard InChI is InChI=1S/C18H32O4/c1-2-3-11-14-17(22-21)15-12-9-7-5-4-6-8-10-13-16-18(19)20/h7,9,12,15,17,21H,2-6,8,10-11,13-14,16H2,1H3,(H,19,20)/b9-7?,15-12+/t17-/m0/s1. The lowest BCUT2D eigenvalue weighted by atomic mass is 10.1. The molecule has 2 N–H and O–H groups in total. The van der Waals surface area contributed by atoms with Crippen molar-refractivity contribution in [1.82, 2.24) is 0 Å². The molecule has 0 saturated heterocycles. The third-order valence-corrected chi connectivity index (χ3v) is 3.56. The Morgan fingerprint density at radius 3 is 2.45 bits per heavy atom. The van der Waals surface area contributed by atoms with E-state index in [2.05, 4.69) is 17.9 Å². The van der Waals surface area contributed by atoms with E-state index in [1.165, 1.54) is 0 Å². The SMILES string of the molecule is CCCCC[C@@H](/C=C/C=CCCCCCCCC(=O)O)OO. The van der Waals surface area contributed by atoms with Crippen LogP contribution in [0.5, 0.6) is 0 Å². The Labute approximate surface area is 134 Å². The van der Waals surface area contributed by atoms with E-state index in [1.54, 1.807) is 0 Å². The van der Waals surface area contributed by atoms with Crippen LogP contribution in [0.1, 0.15) is 77.6 Å². The van der Waals surface area contributed by atoms with E-state index in [0.29, 0.717) is 0 Å². The van der Waals surface area contributed by atoms with Crippen molar-refractivity contribution in [2.45, 2.75) is 83.7 Å². The molecule has 0 saturated carbocycles. The molecule has 0 spiro atoms. The fraction of sp³-hybridized carbons (Fsp3) is 0.722. The predicted molar refractivity (Wildman–Crippen MR) is 89.9 cm³/mol. The second-order valence-electron chi connectivity index (χ2n) is 5.65. The second-order valence-corrected chi connectivity index (χ2v) is 5.65. The maximum atomic E-state index is 10.3. The van der Waals surface area contributed by atoms with Crippen LogP contribution in [0.15, 0.2) is 24.3 Å². The molecule has 0 heterocycles. The molecule has 0 unspecified atom stereocenters. The number of hydrogen-bond donors (Lipinski definition) is 2. The molecule has 0 fully saturated rings. The van der Waals surface area contributed by atoms with Crippen LogP contribution in [0.2, 0.25) is 0 Å². The summed E-state index contributed by atoms with van der Waals surface area (Å²) in [5, 5.41) is 17.3. The lowest BCUT2D eigenvalue weighted by Crippen LogP contribution is -2.06. The molecular weight excluding hydrogens is 280 g/mol. The highest BCUT2D eigenvalue weighted by Gasteiger charge is 2.02. The van der Waals surface area contributed by atoms with Crippen LogP contribution < -0.4 is 0 Å². The summed E-state index contributed by atoms with van der Waals surface area (Å²) in [7, 11) is 0. The van der Waals surface area contributed by atoms with Crippen molar-refractivity contribution in [2.75, 3.05) is 0 Å². The summed E-state index contributed by atoms with van der Waals surface area (Å²) in [6.45, 7) is 2.15. The quantitative estimate of drug-likeness (QED) is 0.185. The molecular formula is C18H32O4. The highest BCUT2D eigenvalue weighted by Crippen LogP contribution is 2.09. The Morgan fingerprint density at radius 1 is 1.05 bits per heavy atom. The van der Waals surface area contributed by atoms with E-state index in [9.17, 15) is 4.79 Å². The highest BCUT2D eigenvalue weighted by atomic mass is 17.1. The summed E-state index contributed by atoms with van der Waals surface area (Å²) in [5.41, 5.74) is 0. The van der Waals surface area contributed by atoms with Crippen LogP contribution in [0.3, 0.4) is 0 Å². The van der Waals surface area contributed by atoms with Gasteiger partial charge in [0.05, 0.1) is 0 Å². The topological polar surface area (TPSA) is 66.8 Å². The van der Waals surface area contributed by atoms with Gasteiger partial charge in [0, 0.05) is 6.42 Å². The van der Waals surface area contributed by atoms with Crippen LogP contribution in [0.25, 0.3) is 0 Å². The number of allylic oxidation sites excluding steroid dienone is 3. The third kappa shape index (κ3) is 15.3. The van der Waals surface area contributed by atoms with Gasteiger partial charge in [0.15, 0.2) is 0 Å². The number of carbonyl (C=O) groups is 1. The van der Waals surface area contributed by atoms with Crippen molar-refractivity contribution in [3.63, 3.8) is 0 Å². The Balaban J connectivity index is 3.51. The van der Waals surface area contributed by atoms with Crippen LogP contribution in [-0.4, -0.2) is 22.4 Å². The Bertz CT molecular complexity index is 310. The highest BCUT2D eigenvalue weighted by molar-refractivity contribution is 5.66. The van der Waals surface area contributed by atoms with Gasteiger partial charge in [-0.1, -0.05) is 69.8 Å². The largest absolute Gasteiger partial charge is 0.481 e. The summed E-state index contributed by atoms with van der Waals surface area (Å²) in [6, 6.07) is 0. The first-order chi connectivity index (χ1) is 10.7. The zero-order valence-corrected chi connectivity index (χ0v) is 13.9. The molecule has 22 heavy (non-hydrogen) atoms. The molecule has 4 heteroatoms. The Kier molecular flexibility index (Phi) is 15.4. The monoisotopic (exact) mass is 312 g/mol. The first-order valence-corrected chi connectivity index (χ1v) is 8.56. The predicted octanol–water partition coefficient (Wildman–Crippen LogP) is 5.35. The lowest BCUT2D eigenvalue weighted by Gasteiger charge is -2.07.